The number of rotatable bonds is 6. The molecule has 6 nitrogen and oxygen atoms in total. The molecule has 0 radical (unpaired) electrons. The summed E-state index contributed by atoms with van der Waals surface area (Å²) < 4.78 is 30.8. The van der Waals surface area contributed by atoms with Crippen LogP contribution in [-0.2, 0) is 14.8 Å². The third kappa shape index (κ3) is 4.74. The number of halogens is 1. The van der Waals surface area contributed by atoms with Crippen LogP contribution in [0.3, 0.4) is 0 Å². The molecule has 0 fully saturated rings. The van der Waals surface area contributed by atoms with Crippen LogP contribution in [0.15, 0.2) is 47.4 Å². The van der Waals surface area contributed by atoms with Gasteiger partial charge in [0.2, 0.25) is 15.8 Å². The zero-order valence-corrected chi connectivity index (χ0v) is 17.0. The summed E-state index contributed by atoms with van der Waals surface area (Å²) in [5, 5.41) is -0.0102. The molecule has 0 saturated carbocycles. The molecule has 2 aromatic rings. The van der Waals surface area contributed by atoms with E-state index in [0.29, 0.717) is 5.56 Å². The molecular weight excluding hydrogens is 390 g/mol. The van der Waals surface area contributed by atoms with Crippen LogP contribution in [0.2, 0.25) is 5.02 Å². The highest BCUT2D eigenvalue weighted by atomic mass is 35.5. The summed E-state index contributed by atoms with van der Waals surface area (Å²) in [6.45, 7) is 3.37. The first-order valence-electron chi connectivity index (χ1n) is 8.08. The third-order valence-electron chi connectivity index (χ3n) is 3.91. The Balaban J connectivity index is 2.23. The highest BCUT2D eigenvalue weighted by molar-refractivity contribution is 7.89. The Hall–Kier alpha value is -2.22. The van der Waals surface area contributed by atoms with E-state index in [4.69, 9.17) is 16.3 Å². The second kappa shape index (κ2) is 8.21. The van der Waals surface area contributed by atoms with Crippen LogP contribution in [0, 0.1) is 6.92 Å². The molecule has 0 amide bonds. The summed E-state index contributed by atoms with van der Waals surface area (Å²) in [4.78, 5) is 24.6. The highest BCUT2D eigenvalue weighted by Gasteiger charge is 2.25. The highest BCUT2D eigenvalue weighted by Crippen LogP contribution is 2.25. The molecule has 0 aromatic heterocycles. The number of aryl methyl sites for hydroxylation is 1. The van der Waals surface area contributed by atoms with Gasteiger partial charge >= 0.3 is 5.97 Å². The predicted molar refractivity (Wildman–Crippen MR) is 103 cm³/mol. The third-order valence-corrected chi connectivity index (χ3v) is 6.21. The Morgan fingerprint density at radius 1 is 1.04 bits per heavy atom. The number of carbonyl (C=O) groups is 2. The Labute approximate surface area is 163 Å². The molecule has 0 N–H and O–H groups in total. The van der Waals surface area contributed by atoms with Crippen LogP contribution in [0.4, 0.5) is 0 Å². The fraction of sp³-hybridized carbons (Fsp3) is 0.263. The van der Waals surface area contributed by atoms with Gasteiger partial charge in [-0.05, 0) is 32.0 Å². The van der Waals surface area contributed by atoms with Gasteiger partial charge in [-0.1, -0.05) is 41.4 Å². The average molecular weight is 410 g/mol. The molecule has 0 heterocycles. The van der Waals surface area contributed by atoms with Crippen LogP contribution in [0.1, 0.15) is 33.2 Å². The Kier molecular flexibility index (Phi) is 6.41. The van der Waals surface area contributed by atoms with E-state index < -0.39 is 22.1 Å². The minimum absolute atomic E-state index is 0.0102. The van der Waals surface area contributed by atoms with Gasteiger partial charge in [-0.25, -0.2) is 17.5 Å². The zero-order valence-electron chi connectivity index (χ0n) is 15.4. The number of hydrogen-bond acceptors (Lipinski definition) is 5. The lowest BCUT2D eigenvalue weighted by Crippen LogP contribution is -2.25. The number of hydrogen-bond donors (Lipinski definition) is 0. The minimum atomic E-state index is -3.83. The number of carbonyl (C=O) groups excluding carboxylic acids is 2. The number of ether oxygens (including phenoxy) is 1. The van der Waals surface area contributed by atoms with Gasteiger partial charge in [-0.3, -0.25) is 4.79 Å². The second-order valence-electron chi connectivity index (χ2n) is 6.21. The van der Waals surface area contributed by atoms with Gasteiger partial charge in [0.15, 0.2) is 6.10 Å². The zero-order chi connectivity index (χ0) is 20.4. The normalized spacial score (nSPS) is 12.7. The standard InChI is InChI=1S/C19H20ClNO5S/c1-12-5-7-14(8-6-12)18(22)13(2)26-19(23)15-9-10-16(20)17(11-15)27(24,25)21(3)4/h5-11,13H,1-4H3. The average Bonchev–Trinajstić information content (AvgIpc) is 2.61. The summed E-state index contributed by atoms with van der Waals surface area (Å²) in [7, 11) is -1.11. The second-order valence-corrected chi connectivity index (χ2v) is 8.74. The molecule has 8 heteroatoms. The van der Waals surface area contributed by atoms with Gasteiger partial charge in [0.25, 0.3) is 0 Å². The monoisotopic (exact) mass is 409 g/mol. The molecule has 1 atom stereocenters. The van der Waals surface area contributed by atoms with Crippen LogP contribution < -0.4 is 0 Å². The van der Waals surface area contributed by atoms with Gasteiger partial charge in [-0.15, -0.1) is 0 Å². The van der Waals surface area contributed by atoms with E-state index in [9.17, 15) is 18.0 Å². The maximum atomic E-state index is 12.4. The molecule has 144 valence electrons. The quantitative estimate of drug-likeness (QED) is 0.540. The first-order chi connectivity index (χ1) is 12.5. The molecular formula is C19H20ClNO5S. The van der Waals surface area contributed by atoms with Crippen molar-refractivity contribution in [3.63, 3.8) is 0 Å². The number of esters is 1. The topological polar surface area (TPSA) is 80.8 Å². The van der Waals surface area contributed by atoms with Gasteiger partial charge in [-0.2, -0.15) is 0 Å². The van der Waals surface area contributed by atoms with E-state index in [-0.39, 0.29) is 21.3 Å². The van der Waals surface area contributed by atoms with Gasteiger partial charge < -0.3 is 4.74 Å². The van der Waals surface area contributed by atoms with E-state index in [2.05, 4.69) is 0 Å². The summed E-state index contributed by atoms with van der Waals surface area (Å²) in [6.07, 6.45) is -1.02. The molecule has 0 saturated heterocycles. The van der Waals surface area contributed by atoms with Crippen molar-refractivity contribution in [3.05, 3.63) is 64.2 Å². The molecule has 0 spiro atoms. The summed E-state index contributed by atoms with van der Waals surface area (Å²) in [5.74, 6) is -1.16. The van der Waals surface area contributed by atoms with E-state index in [1.807, 2.05) is 6.92 Å². The van der Waals surface area contributed by atoms with Crippen molar-refractivity contribution >= 4 is 33.4 Å². The number of ketones is 1. The van der Waals surface area contributed by atoms with E-state index >= 15 is 0 Å². The Morgan fingerprint density at radius 2 is 1.59 bits per heavy atom. The Bertz CT molecular complexity index is 968. The molecule has 0 aliphatic rings. The van der Waals surface area contributed by atoms with E-state index in [1.165, 1.54) is 33.2 Å². The molecule has 27 heavy (non-hydrogen) atoms. The summed E-state index contributed by atoms with van der Waals surface area (Å²) >= 11 is 5.97. The maximum Gasteiger partial charge on any atom is 0.338 e. The van der Waals surface area contributed by atoms with E-state index in [1.54, 1.807) is 24.3 Å². The molecule has 2 rings (SSSR count). The van der Waals surface area contributed by atoms with Crippen LogP contribution >= 0.6 is 11.6 Å². The van der Waals surface area contributed by atoms with Gasteiger partial charge in [0.05, 0.1) is 10.6 Å². The van der Waals surface area contributed by atoms with Crippen molar-refractivity contribution in [2.24, 2.45) is 0 Å². The van der Waals surface area contributed by atoms with Crippen LogP contribution in [0.5, 0.6) is 0 Å². The van der Waals surface area contributed by atoms with Crippen LogP contribution in [0.25, 0.3) is 0 Å². The van der Waals surface area contributed by atoms with Crippen molar-refractivity contribution in [1.29, 1.82) is 0 Å². The van der Waals surface area contributed by atoms with Crippen LogP contribution in [-0.4, -0.2) is 44.7 Å². The van der Waals surface area contributed by atoms with Crippen molar-refractivity contribution in [3.8, 4) is 0 Å². The fourth-order valence-electron chi connectivity index (χ4n) is 2.26. The van der Waals surface area contributed by atoms with Crippen molar-refractivity contribution in [2.75, 3.05) is 14.1 Å². The first kappa shape index (κ1) is 21.1. The lowest BCUT2D eigenvalue weighted by Gasteiger charge is -2.15. The maximum absolute atomic E-state index is 12.4. The lowest BCUT2D eigenvalue weighted by atomic mass is 10.1. The van der Waals surface area contributed by atoms with Crippen molar-refractivity contribution in [2.45, 2.75) is 24.8 Å². The molecule has 0 aliphatic carbocycles. The predicted octanol–water partition coefficient (Wildman–Crippen LogP) is 3.33. The largest absolute Gasteiger partial charge is 0.451 e. The van der Waals surface area contributed by atoms with Crippen molar-refractivity contribution < 1.29 is 22.7 Å². The smallest absolute Gasteiger partial charge is 0.338 e. The van der Waals surface area contributed by atoms with E-state index in [0.717, 1.165) is 15.9 Å². The minimum Gasteiger partial charge on any atom is -0.451 e. The molecule has 0 bridgehead atoms. The number of sulfonamides is 1. The molecule has 2 aromatic carbocycles. The van der Waals surface area contributed by atoms with Gasteiger partial charge in [0.1, 0.15) is 4.90 Å². The fourth-order valence-corrected chi connectivity index (χ4v) is 3.65. The van der Waals surface area contributed by atoms with Gasteiger partial charge in [0, 0.05) is 19.7 Å². The first-order valence-corrected chi connectivity index (χ1v) is 9.89. The summed E-state index contributed by atoms with van der Waals surface area (Å²) in [5.41, 5.74) is 1.42. The lowest BCUT2D eigenvalue weighted by molar-refractivity contribution is 0.0318. The molecule has 1 unspecified atom stereocenters. The number of benzene rings is 2. The summed E-state index contributed by atoms with van der Waals surface area (Å²) in [6, 6.07) is 10.7. The SMILES string of the molecule is Cc1ccc(C(=O)C(C)OC(=O)c2ccc(Cl)c(S(=O)(=O)N(C)C)c2)cc1. The number of Topliss-reactive ketones (excluding diaryl/α,β-unsaturated/α-hetero) is 1. The molecule has 0 aliphatic heterocycles. The van der Waals surface area contributed by atoms with Crippen molar-refractivity contribution in [1.82, 2.24) is 4.31 Å². The number of nitrogens with zero attached hydrogens (tertiary/aromatic N) is 1. The Morgan fingerprint density at radius 3 is 2.15 bits per heavy atom.